The van der Waals surface area contributed by atoms with Crippen molar-refractivity contribution in [2.45, 2.75) is 32.1 Å². The van der Waals surface area contributed by atoms with Gasteiger partial charge in [0, 0.05) is 31.0 Å². The van der Waals surface area contributed by atoms with Crippen LogP contribution in [0.3, 0.4) is 0 Å². The van der Waals surface area contributed by atoms with Crippen LogP contribution in [-0.4, -0.2) is 29.7 Å². The summed E-state index contributed by atoms with van der Waals surface area (Å²) < 4.78 is 0. The third-order valence-corrected chi connectivity index (χ3v) is 4.36. The van der Waals surface area contributed by atoms with Gasteiger partial charge >= 0.3 is 0 Å². The highest BCUT2D eigenvalue weighted by molar-refractivity contribution is 5.96. The first kappa shape index (κ1) is 12.4. The highest BCUT2D eigenvalue weighted by Gasteiger charge is 2.28. The molecule has 1 aliphatic carbocycles. The fourth-order valence-corrected chi connectivity index (χ4v) is 3.19. The highest BCUT2D eigenvalue weighted by Crippen LogP contribution is 2.26. The number of hydrogen-bond donors (Lipinski definition) is 0. The van der Waals surface area contributed by atoms with Gasteiger partial charge in [-0.15, -0.1) is 0 Å². The molecule has 1 aliphatic heterocycles. The van der Waals surface area contributed by atoms with Crippen molar-refractivity contribution in [3.8, 4) is 0 Å². The Morgan fingerprint density at radius 2 is 2.00 bits per heavy atom. The average molecular weight is 257 g/mol. The maximum atomic E-state index is 12.3. The molecule has 3 heteroatoms. The molecule has 1 aromatic carbocycles. The van der Waals surface area contributed by atoms with Crippen molar-refractivity contribution >= 4 is 11.7 Å². The van der Waals surface area contributed by atoms with E-state index in [1.54, 1.807) is 0 Å². The van der Waals surface area contributed by atoms with Gasteiger partial charge in [0.25, 0.3) is 5.91 Å². The molecule has 0 radical (unpaired) electrons. The summed E-state index contributed by atoms with van der Waals surface area (Å²) in [5.74, 6) is 0.724. The topological polar surface area (TPSA) is 37.4 Å². The lowest BCUT2D eigenvalue weighted by Gasteiger charge is -2.29. The lowest BCUT2D eigenvalue weighted by molar-refractivity contribution is -0.120. The minimum absolute atomic E-state index is 0.132. The summed E-state index contributed by atoms with van der Waals surface area (Å²) in [4.78, 5) is 25.9. The van der Waals surface area contributed by atoms with E-state index in [9.17, 15) is 9.59 Å². The summed E-state index contributed by atoms with van der Waals surface area (Å²) in [6.07, 6.45) is 4.55. The standard InChI is InChI=1S/C16H19NO2/c18-15-7-3-5-13(15)9-11-17-10-8-12-4-1-2-6-14(12)16(17)19/h1-2,4,6,13H,3,5,7-11H2. The van der Waals surface area contributed by atoms with Crippen LogP contribution in [0.25, 0.3) is 0 Å². The maximum Gasteiger partial charge on any atom is 0.254 e. The quantitative estimate of drug-likeness (QED) is 0.834. The van der Waals surface area contributed by atoms with Gasteiger partial charge in [-0.05, 0) is 37.3 Å². The molecular weight excluding hydrogens is 238 g/mol. The third kappa shape index (κ3) is 2.42. The molecule has 1 atom stereocenters. The second kappa shape index (κ2) is 5.16. The molecule has 1 amide bonds. The highest BCUT2D eigenvalue weighted by atomic mass is 16.2. The molecule has 100 valence electrons. The second-order valence-corrected chi connectivity index (χ2v) is 5.54. The molecule has 19 heavy (non-hydrogen) atoms. The van der Waals surface area contributed by atoms with E-state index in [0.717, 1.165) is 56.3 Å². The Labute approximate surface area is 113 Å². The molecule has 0 spiro atoms. The van der Waals surface area contributed by atoms with E-state index >= 15 is 0 Å². The molecule has 0 N–H and O–H groups in total. The van der Waals surface area contributed by atoms with E-state index in [1.807, 2.05) is 29.2 Å². The van der Waals surface area contributed by atoms with Crippen molar-refractivity contribution in [1.82, 2.24) is 4.90 Å². The van der Waals surface area contributed by atoms with Gasteiger partial charge in [0.15, 0.2) is 0 Å². The van der Waals surface area contributed by atoms with E-state index < -0.39 is 0 Å². The van der Waals surface area contributed by atoms with Gasteiger partial charge in [0.05, 0.1) is 0 Å². The lowest BCUT2D eigenvalue weighted by Crippen LogP contribution is -2.38. The zero-order chi connectivity index (χ0) is 13.2. The molecule has 0 bridgehead atoms. The number of carbonyl (C=O) groups is 2. The van der Waals surface area contributed by atoms with Crippen LogP contribution >= 0.6 is 0 Å². The second-order valence-electron chi connectivity index (χ2n) is 5.54. The minimum Gasteiger partial charge on any atom is -0.338 e. The van der Waals surface area contributed by atoms with Crippen molar-refractivity contribution in [2.24, 2.45) is 5.92 Å². The van der Waals surface area contributed by atoms with E-state index in [1.165, 1.54) is 0 Å². The van der Waals surface area contributed by atoms with Crippen LogP contribution in [0.4, 0.5) is 0 Å². The van der Waals surface area contributed by atoms with Gasteiger partial charge < -0.3 is 4.90 Å². The zero-order valence-corrected chi connectivity index (χ0v) is 11.1. The smallest absolute Gasteiger partial charge is 0.254 e. The monoisotopic (exact) mass is 257 g/mol. The summed E-state index contributed by atoms with van der Waals surface area (Å²) in [5, 5.41) is 0. The molecule has 1 fully saturated rings. The Balaban J connectivity index is 1.64. The van der Waals surface area contributed by atoms with Crippen molar-refractivity contribution in [2.75, 3.05) is 13.1 Å². The molecule has 1 aromatic rings. The lowest BCUT2D eigenvalue weighted by atomic mass is 9.97. The summed E-state index contributed by atoms with van der Waals surface area (Å²) in [6.45, 7) is 1.51. The molecular formula is C16H19NO2. The van der Waals surface area contributed by atoms with Crippen molar-refractivity contribution in [3.05, 3.63) is 35.4 Å². The Kier molecular flexibility index (Phi) is 3.36. The normalized spacial score (nSPS) is 22.7. The van der Waals surface area contributed by atoms with Gasteiger partial charge in [-0.25, -0.2) is 0 Å². The van der Waals surface area contributed by atoms with Crippen LogP contribution in [0.15, 0.2) is 24.3 Å². The van der Waals surface area contributed by atoms with E-state index in [-0.39, 0.29) is 11.8 Å². The van der Waals surface area contributed by atoms with Crippen LogP contribution in [0.5, 0.6) is 0 Å². The van der Waals surface area contributed by atoms with E-state index in [4.69, 9.17) is 0 Å². The summed E-state index contributed by atoms with van der Waals surface area (Å²) in [7, 11) is 0. The third-order valence-electron chi connectivity index (χ3n) is 4.36. The average Bonchev–Trinajstić information content (AvgIpc) is 2.84. The first-order valence-electron chi connectivity index (χ1n) is 7.15. The first-order chi connectivity index (χ1) is 9.25. The fraction of sp³-hybridized carbons (Fsp3) is 0.500. The number of benzene rings is 1. The number of hydrogen-bond acceptors (Lipinski definition) is 2. The predicted molar refractivity (Wildman–Crippen MR) is 73.0 cm³/mol. The molecule has 1 saturated carbocycles. The summed E-state index contributed by atoms with van der Waals surface area (Å²) in [5.41, 5.74) is 1.99. The van der Waals surface area contributed by atoms with Crippen LogP contribution in [0.1, 0.15) is 41.6 Å². The maximum absolute atomic E-state index is 12.3. The summed E-state index contributed by atoms with van der Waals surface area (Å²) in [6, 6.07) is 7.84. The van der Waals surface area contributed by atoms with Crippen molar-refractivity contribution < 1.29 is 9.59 Å². The number of nitrogens with zero attached hydrogens (tertiary/aromatic N) is 1. The SMILES string of the molecule is O=C1CCCC1CCN1CCc2ccccc2C1=O. The molecule has 0 aromatic heterocycles. The Bertz CT molecular complexity index is 509. The van der Waals surface area contributed by atoms with Crippen molar-refractivity contribution in [3.63, 3.8) is 0 Å². The van der Waals surface area contributed by atoms with Crippen LogP contribution in [0, 0.1) is 5.92 Å². The Hall–Kier alpha value is -1.64. The van der Waals surface area contributed by atoms with Crippen molar-refractivity contribution in [1.29, 1.82) is 0 Å². The Morgan fingerprint density at radius 1 is 1.16 bits per heavy atom. The molecule has 2 aliphatic rings. The number of Topliss-reactive ketones (excluding diaryl/α,β-unsaturated/α-hetero) is 1. The van der Waals surface area contributed by atoms with E-state index in [2.05, 4.69) is 0 Å². The molecule has 1 heterocycles. The van der Waals surface area contributed by atoms with Gasteiger partial charge in [0.1, 0.15) is 5.78 Å². The largest absolute Gasteiger partial charge is 0.338 e. The molecule has 1 unspecified atom stereocenters. The summed E-state index contributed by atoms with van der Waals surface area (Å²) >= 11 is 0. The molecule has 3 rings (SSSR count). The van der Waals surface area contributed by atoms with Crippen LogP contribution < -0.4 is 0 Å². The van der Waals surface area contributed by atoms with Gasteiger partial charge in [-0.2, -0.15) is 0 Å². The molecule has 3 nitrogen and oxygen atoms in total. The van der Waals surface area contributed by atoms with Gasteiger partial charge in [-0.3, -0.25) is 9.59 Å². The van der Waals surface area contributed by atoms with E-state index in [0.29, 0.717) is 5.78 Å². The molecule has 0 saturated heterocycles. The zero-order valence-electron chi connectivity index (χ0n) is 11.1. The van der Waals surface area contributed by atoms with Crippen LogP contribution in [0.2, 0.25) is 0 Å². The fourth-order valence-electron chi connectivity index (χ4n) is 3.19. The van der Waals surface area contributed by atoms with Gasteiger partial charge in [-0.1, -0.05) is 18.2 Å². The predicted octanol–water partition coefficient (Wildman–Crippen LogP) is 2.44. The number of amides is 1. The minimum atomic E-state index is 0.132. The number of ketones is 1. The number of carbonyl (C=O) groups excluding carboxylic acids is 2. The number of rotatable bonds is 3. The Morgan fingerprint density at radius 3 is 2.79 bits per heavy atom. The van der Waals surface area contributed by atoms with Crippen LogP contribution in [-0.2, 0) is 11.2 Å². The number of fused-ring (bicyclic) bond motifs is 1. The van der Waals surface area contributed by atoms with Gasteiger partial charge in [0.2, 0.25) is 0 Å². The first-order valence-corrected chi connectivity index (χ1v) is 7.15.